The minimum atomic E-state index is 1.03. The Morgan fingerprint density at radius 2 is 0.691 bits per heavy atom. The van der Waals surface area contributed by atoms with Crippen molar-refractivity contribution in [3.8, 4) is 55.6 Å². The Bertz CT molecular complexity index is 3650. The van der Waals surface area contributed by atoms with Gasteiger partial charge in [-0.3, -0.25) is 0 Å². The summed E-state index contributed by atoms with van der Waals surface area (Å²) in [5.41, 5.74) is 20.2. The average Bonchev–Trinajstić information content (AvgIpc) is 3.43. The molecule has 0 fully saturated rings. The summed E-state index contributed by atoms with van der Waals surface area (Å²) in [6, 6.07) is 86.2. The van der Waals surface area contributed by atoms with Crippen LogP contribution in [-0.2, 0) is 12.8 Å². The first-order valence-electron chi connectivity index (χ1n) is 24.3. The summed E-state index contributed by atoms with van der Waals surface area (Å²) in [4.78, 5) is 4.98. The van der Waals surface area contributed by atoms with Gasteiger partial charge >= 0.3 is 0 Å². The highest BCUT2D eigenvalue weighted by molar-refractivity contribution is 6.33. The summed E-state index contributed by atoms with van der Waals surface area (Å²) < 4.78 is 0. The molecule has 2 heteroatoms. The minimum absolute atomic E-state index is 1.03. The molecule has 2 heterocycles. The first kappa shape index (κ1) is 40.1. The molecule has 0 radical (unpaired) electrons. The van der Waals surface area contributed by atoms with E-state index in [-0.39, 0.29) is 0 Å². The number of hydrogen-bond acceptors (Lipinski definition) is 2. The Morgan fingerprint density at radius 1 is 0.279 bits per heavy atom. The van der Waals surface area contributed by atoms with E-state index in [4.69, 9.17) is 0 Å². The highest BCUT2D eigenvalue weighted by Gasteiger charge is 2.24. The fourth-order valence-corrected chi connectivity index (χ4v) is 11.4. The summed E-state index contributed by atoms with van der Waals surface area (Å²) in [7, 11) is 0. The Morgan fingerprint density at radius 3 is 1.19 bits per heavy atom. The molecule has 0 saturated carbocycles. The van der Waals surface area contributed by atoms with E-state index in [2.05, 4.69) is 240 Å². The monoisotopic (exact) mass is 870 g/mol. The maximum absolute atomic E-state index is 2.49. The molecule has 0 bridgehead atoms. The Hall–Kier alpha value is -8.20. The van der Waals surface area contributed by atoms with Gasteiger partial charge in [-0.1, -0.05) is 176 Å². The topological polar surface area (TPSA) is 6.48 Å². The number of benzene rings is 11. The number of rotatable bonds is 7. The van der Waals surface area contributed by atoms with Gasteiger partial charge in [0.25, 0.3) is 0 Å². The van der Waals surface area contributed by atoms with Crippen LogP contribution >= 0.6 is 0 Å². The van der Waals surface area contributed by atoms with Gasteiger partial charge in [0.2, 0.25) is 0 Å². The van der Waals surface area contributed by atoms with E-state index in [1.54, 1.807) is 0 Å². The molecular weight excluding hydrogens is 821 g/mol. The normalized spacial score (nSPS) is 13.5. The zero-order valence-electron chi connectivity index (χ0n) is 38.1. The van der Waals surface area contributed by atoms with Gasteiger partial charge < -0.3 is 9.80 Å². The Balaban J connectivity index is 1.05. The molecule has 11 aromatic rings. The smallest absolute Gasteiger partial charge is 0.0443 e. The zero-order chi connectivity index (χ0) is 45.0. The van der Waals surface area contributed by atoms with Crippen LogP contribution in [0.1, 0.15) is 24.0 Å². The zero-order valence-corrected chi connectivity index (χ0v) is 38.1. The number of hydrogen-bond donors (Lipinski definition) is 0. The number of nitrogens with zero attached hydrogens (tertiary/aromatic N) is 2. The van der Waals surface area contributed by atoms with Crippen LogP contribution < -0.4 is 9.80 Å². The maximum Gasteiger partial charge on any atom is 0.0443 e. The van der Waals surface area contributed by atoms with Crippen LogP contribution in [0.4, 0.5) is 22.7 Å². The molecule has 0 saturated heterocycles. The maximum atomic E-state index is 2.49. The molecule has 0 aromatic heterocycles. The van der Waals surface area contributed by atoms with Crippen molar-refractivity contribution in [1.82, 2.24) is 0 Å². The Labute approximate surface area is 399 Å². The summed E-state index contributed by atoms with van der Waals surface area (Å²) in [5, 5.41) is 7.58. The van der Waals surface area contributed by atoms with Crippen LogP contribution in [0.15, 0.2) is 231 Å². The van der Waals surface area contributed by atoms with Crippen molar-refractivity contribution in [2.75, 3.05) is 22.9 Å². The van der Waals surface area contributed by atoms with E-state index in [1.807, 2.05) is 0 Å². The van der Waals surface area contributed by atoms with E-state index >= 15 is 0 Å². The van der Waals surface area contributed by atoms with E-state index in [0.29, 0.717) is 0 Å². The first-order chi connectivity index (χ1) is 33.7. The number of para-hydroxylation sites is 2. The van der Waals surface area contributed by atoms with Gasteiger partial charge in [-0.05, 0) is 179 Å². The van der Waals surface area contributed by atoms with Gasteiger partial charge in [0, 0.05) is 35.8 Å². The molecule has 0 atom stereocenters. The molecule has 2 aliphatic heterocycles. The lowest BCUT2D eigenvalue weighted by atomic mass is 9.80. The third-order valence-corrected chi connectivity index (χ3v) is 14.7. The fourth-order valence-electron chi connectivity index (χ4n) is 11.4. The van der Waals surface area contributed by atoms with E-state index in [9.17, 15) is 0 Å². The van der Waals surface area contributed by atoms with E-state index in [0.717, 1.165) is 38.8 Å². The summed E-state index contributed by atoms with van der Waals surface area (Å²) >= 11 is 0. The molecule has 11 aromatic carbocycles. The lowest BCUT2D eigenvalue weighted by Crippen LogP contribution is -2.24. The van der Waals surface area contributed by atoms with Crippen LogP contribution in [-0.4, -0.2) is 13.1 Å². The second-order valence-electron chi connectivity index (χ2n) is 18.6. The predicted octanol–water partition coefficient (Wildman–Crippen LogP) is 17.6. The molecule has 0 spiro atoms. The molecule has 0 amide bonds. The highest BCUT2D eigenvalue weighted by atomic mass is 15.1. The molecule has 0 aliphatic carbocycles. The number of fused-ring (bicyclic) bond motifs is 8. The quantitative estimate of drug-likeness (QED) is 0.147. The molecule has 0 N–H and O–H groups in total. The fraction of sp³-hybridized carbons (Fsp3) is 0.0909. The molecule has 324 valence electrons. The van der Waals surface area contributed by atoms with Gasteiger partial charge in [0.1, 0.15) is 0 Å². The van der Waals surface area contributed by atoms with Crippen molar-refractivity contribution in [3.63, 3.8) is 0 Å². The van der Waals surface area contributed by atoms with Crippen molar-refractivity contribution >= 4 is 55.1 Å². The minimum Gasteiger partial charge on any atom is -0.341 e. The lowest BCUT2D eigenvalue weighted by molar-refractivity contribution is 0.767. The molecule has 13 rings (SSSR count). The standard InChI is InChI=1S/C66H50N2/c1-4-16-47(17-5-1)58-44-59(48-18-6-2-7-19-48)65-56-38-32-52(45-28-34-54(35-29-45)67-40-14-24-49-20-10-12-26-62(49)67)42-60(56)61-43-53(33-39-57(61)66(65)64(58)51-22-8-3-9-23-51)46-30-36-55(37-31-46)68-41-15-25-50-21-11-13-27-63(50)68/h1-13,16-23,26-39,42-44H,14-15,24-25,40-41H2. The molecule has 2 nitrogen and oxygen atoms in total. The van der Waals surface area contributed by atoms with Crippen molar-refractivity contribution < 1.29 is 0 Å². The summed E-state index contributed by atoms with van der Waals surface area (Å²) in [5.74, 6) is 0. The predicted molar refractivity (Wildman–Crippen MR) is 290 cm³/mol. The third-order valence-electron chi connectivity index (χ3n) is 14.7. The van der Waals surface area contributed by atoms with Gasteiger partial charge in [0.15, 0.2) is 0 Å². The molecule has 68 heavy (non-hydrogen) atoms. The molecule has 2 aliphatic rings. The van der Waals surface area contributed by atoms with Crippen molar-refractivity contribution in [2.24, 2.45) is 0 Å². The lowest BCUT2D eigenvalue weighted by Gasteiger charge is -2.31. The van der Waals surface area contributed by atoms with Crippen molar-refractivity contribution in [3.05, 3.63) is 242 Å². The van der Waals surface area contributed by atoms with Crippen LogP contribution in [0.2, 0.25) is 0 Å². The Kier molecular flexibility index (Phi) is 9.97. The summed E-state index contributed by atoms with van der Waals surface area (Å²) in [6.45, 7) is 2.06. The third kappa shape index (κ3) is 6.95. The van der Waals surface area contributed by atoms with Gasteiger partial charge in [-0.25, -0.2) is 0 Å². The van der Waals surface area contributed by atoms with Crippen LogP contribution in [0.25, 0.3) is 88.0 Å². The molecular formula is C66H50N2. The highest BCUT2D eigenvalue weighted by Crippen LogP contribution is 2.50. The van der Waals surface area contributed by atoms with Gasteiger partial charge in [0.05, 0.1) is 0 Å². The van der Waals surface area contributed by atoms with Crippen molar-refractivity contribution in [2.45, 2.75) is 25.7 Å². The SMILES string of the molecule is c1ccc(-c2cc(-c3ccccc3)c3c4ccc(-c5ccc(N6CCCc7ccccc76)cc5)cc4c4cc(-c5ccc(N6CCCc7ccccc76)cc5)ccc4c3c2-c2ccccc2)cc1. The second kappa shape index (κ2) is 16.9. The number of aryl methyl sites for hydroxylation is 2. The van der Waals surface area contributed by atoms with E-state index in [1.165, 1.54) is 122 Å². The average molecular weight is 871 g/mol. The largest absolute Gasteiger partial charge is 0.341 e. The van der Waals surface area contributed by atoms with Gasteiger partial charge in [-0.2, -0.15) is 0 Å². The van der Waals surface area contributed by atoms with E-state index < -0.39 is 0 Å². The van der Waals surface area contributed by atoms with Crippen molar-refractivity contribution in [1.29, 1.82) is 0 Å². The number of anilines is 4. The van der Waals surface area contributed by atoms with Crippen LogP contribution in [0.3, 0.4) is 0 Å². The van der Waals surface area contributed by atoms with Gasteiger partial charge in [-0.15, -0.1) is 0 Å². The van der Waals surface area contributed by atoms with Crippen LogP contribution in [0.5, 0.6) is 0 Å². The first-order valence-corrected chi connectivity index (χ1v) is 24.3. The van der Waals surface area contributed by atoms with Crippen LogP contribution in [0, 0.1) is 0 Å². The second-order valence-corrected chi connectivity index (χ2v) is 18.6. The summed E-state index contributed by atoms with van der Waals surface area (Å²) in [6.07, 6.45) is 4.59. The molecule has 0 unspecified atom stereocenters.